The molecule has 0 saturated carbocycles. The number of ether oxygens (including phenoxy) is 1. The molecule has 0 aliphatic rings. The number of thiazole rings is 1. The summed E-state index contributed by atoms with van der Waals surface area (Å²) in [7, 11) is -1.85. The van der Waals surface area contributed by atoms with Crippen molar-refractivity contribution in [3.8, 4) is 17.0 Å². The summed E-state index contributed by atoms with van der Waals surface area (Å²) < 4.78 is 41.7. The highest BCUT2D eigenvalue weighted by atomic mass is 32.2. The molecule has 0 saturated heterocycles. The van der Waals surface area contributed by atoms with Crippen LogP contribution in [0, 0.1) is 5.82 Å². The zero-order valence-corrected chi connectivity index (χ0v) is 16.0. The van der Waals surface area contributed by atoms with Gasteiger partial charge in [-0.3, -0.25) is 10.1 Å². The van der Waals surface area contributed by atoms with E-state index in [-0.39, 0.29) is 4.90 Å². The fourth-order valence-electron chi connectivity index (χ4n) is 2.36. The fourth-order valence-corrected chi connectivity index (χ4v) is 3.69. The standard InChI is InChI=1S/C18H15FN2O4S2/c1-25-16-8-5-12(19)9-14(16)15-10-26-18(20-15)21-17(22)11-3-6-13(7-4-11)27(2,23)24/h3-10H,1-2H3,(H,20,21,22). The second-order valence-electron chi connectivity index (χ2n) is 5.63. The van der Waals surface area contributed by atoms with Crippen molar-refractivity contribution in [2.75, 3.05) is 18.7 Å². The number of carbonyl (C=O) groups is 1. The summed E-state index contributed by atoms with van der Waals surface area (Å²) in [6.07, 6.45) is 1.10. The Morgan fingerprint density at radius 3 is 2.52 bits per heavy atom. The number of rotatable bonds is 5. The van der Waals surface area contributed by atoms with E-state index in [2.05, 4.69) is 10.3 Å². The van der Waals surface area contributed by atoms with Crippen LogP contribution in [0.1, 0.15) is 10.4 Å². The van der Waals surface area contributed by atoms with Crippen molar-refractivity contribution in [3.63, 3.8) is 0 Å². The van der Waals surface area contributed by atoms with Crippen LogP contribution in [0.2, 0.25) is 0 Å². The van der Waals surface area contributed by atoms with Crippen LogP contribution in [0.5, 0.6) is 5.75 Å². The first-order chi connectivity index (χ1) is 12.8. The van der Waals surface area contributed by atoms with Crippen LogP contribution in [-0.2, 0) is 9.84 Å². The molecule has 0 aliphatic carbocycles. The Hall–Kier alpha value is -2.78. The van der Waals surface area contributed by atoms with Gasteiger partial charge in [-0.25, -0.2) is 17.8 Å². The van der Waals surface area contributed by atoms with Crippen molar-refractivity contribution in [1.29, 1.82) is 0 Å². The lowest BCUT2D eigenvalue weighted by Gasteiger charge is -2.06. The van der Waals surface area contributed by atoms with E-state index < -0.39 is 21.6 Å². The molecule has 1 aromatic heterocycles. The van der Waals surface area contributed by atoms with E-state index in [0.717, 1.165) is 6.26 Å². The molecule has 3 aromatic rings. The largest absolute Gasteiger partial charge is 0.496 e. The van der Waals surface area contributed by atoms with Gasteiger partial charge >= 0.3 is 0 Å². The molecule has 0 spiro atoms. The molecule has 2 aromatic carbocycles. The zero-order chi connectivity index (χ0) is 19.6. The normalized spacial score (nSPS) is 11.2. The Bertz CT molecular complexity index is 1090. The van der Waals surface area contributed by atoms with E-state index in [1.165, 1.54) is 60.9 Å². The average Bonchev–Trinajstić information content (AvgIpc) is 3.09. The van der Waals surface area contributed by atoms with Crippen molar-refractivity contribution in [2.45, 2.75) is 4.90 Å². The maximum Gasteiger partial charge on any atom is 0.257 e. The number of methoxy groups -OCH3 is 1. The lowest BCUT2D eigenvalue weighted by atomic mass is 10.1. The van der Waals surface area contributed by atoms with Crippen LogP contribution in [-0.4, -0.2) is 32.7 Å². The van der Waals surface area contributed by atoms with Gasteiger partial charge in [-0.2, -0.15) is 0 Å². The quantitative estimate of drug-likeness (QED) is 0.700. The number of halogens is 1. The van der Waals surface area contributed by atoms with Crippen molar-refractivity contribution >= 4 is 32.2 Å². The molecule has 27 heavy (non-hydrogen) atoms. The second kappa shape index (κ2) is 7.45. The highest BCUT2D eigenvalue weighted by molar-refractivity contribution is 7.90. The fraction of sp³-hybridized carbons (Fsp3) is 0.111. The maximum absolute atomic E-state index is 13.5. The van der Waals surface area contributed by atoms with Crippen LogP contribution in [0.15, 0.2) is 52.7 Å². The van der Waals surface area contributed by atoms with Crippen LogP contribution in [0.4, 0.5) is 9.52 Å². The van der Waals surface area contributed by atoms with Crippen LogP contribution < -0.4 is 10.1 Å². The molecule has 3 rings (SSSR count). The predicted molar refractivity (Wildman–Crippen MR) is 102 cm³/mol. The summed E-state index contributed by atoms with van der Waals surface area (Å²) in [6, 6.07) is 9.70. The number of anilines is 1. The minimum atomic E-state index is -3.33. The van der Waals surface area contributed by atoms with E-state index in [1.54, 1.807) is 5.38 Å². The smallest absolute Gasteiger partial charge is 0.257 e. The highest BCUT2D eigenvalue weighted by Gasteiger charge is 2.14. The number of nitrogens with zero attached hydrogens (tertiary/aromatic N) is 1. The van der Waals surface area contributed by atoms with Gasteiger partial charge in [0.1, 0.15) is 11.6 Å². The predicted octanol–water partition coefficient (Wildman–Crippen LogP) is 3.61. The van der Waals surface area contributed by atoms with Crippen LogP contribution in [0.3, 0.4) is 0 Å². The number of benzene rings is 2. The molecule has 1 amide bonds. The van der Waals surface area contributed by atoms with Crippen molar-refractivity contribution < 1.29 is 22.3 Å². The number of hydrogen-bond donors (Lipinski definition) is 1. The molecule has 0 atom stereocenters. The molecule has 140 valence electrons. The molecule has 0 aliphatic heterocycles. The number of sulfone groups is 1. The van der Waals surface area contributed by atoms with Gasteiger partial charge in [-0.1, -0.05) is 0 Å². The van der Waals surface area contributed by atoms with Gasteiger partial charge in [0.25, 0.3) is 5.91 Å². The number of hydrogen-bond acceptors (Lipinski definition) is 6. The minimum Gasteiger partial charge on any atom is -0.496 e. The van der Waals surface area contributed by atoms with Gasteiger partial charge < -0.3 is 4.74 Å². The summed E-state index contributed by atoms with van der Waals surface area (Å²) in [6.45, 7) is 0. The van der Waals surface area contributed by atoms with Crippen molar-refractivity contribution in [2.24, 2.45) is 0 Å². The molecular formula is C18H15FN2O4S2. The molecular weight excluding hydrogens is 391 g/mol. The Morgan fingerprint density at radius 2 is 1.89 bits per heavy atom. The third-order valence-corrected chi connectivity index (χ3v) is 5.59. The first kappa shape index (κ1) is 19.0. The third kappa shape index (κ3) is 4.32. The lowest BCUT2D eigenvalue weighted by molar-refractivity contribution is 0.102. The van der Waals surface area contributed by atoms with Crippen LogP contribution >= 0.6 is 11.3 Å². The number of aromatic nitrogens is 1. The van der Waals surface area contributed by atoms with E-state index >= 15 is 0 Å². The topological polar surface area (TPSA) is 85.4 Å². The lowest BCUT2D eigenvalue weighted by Crippen LogP contribution is -2.12. The van der Waals surface area contributed by atoms with Crippen molar-refractivity contribution in [3.05, 3.63) is 59.2 Å². The van der Waals surface area contributed by atoms with Gasteiger partial charge in [-0.05, 0) is 42.5 Å². The maximum atomic E-state index is 13.5. The molecule has 0 fully saturated rings. The first-order valence-corrected chi connectivity index (χ1v) is 10.5. The Labute approximate surface area is 159 Å². The summed E-state index contributed by atoms with van der Waals surface area (Å²) >= 11 is 1.18. The molecule has 1 N–H and O–H groups in total. The number of nitrogens with one attached hydrogen (secondary N) is 1. The van der Waals surface area contributed by atoms with Gasteiger partial charge in [0.2, 0.25) is 0 Å². The third-order valence-electron chi connectivity index (χ3n) is 3.71. The zero-order valence-electron chi connectivity index (χ0n) is 14.4. The van der Waals surface area contributed by atoms with Crippen LogP contribution in [0.25, 0.3) is 11.3 Å². The molecule has 0 radical (unpaired) electrons. The molecule has 0 unspecified atom stereocenters. The SMILES string of the molecule is COc1ccc(F)cc1-c1csc(NC(=O)c2ccc(S(C)(=O)=O)cc2)n1. The monoisotopic (exact) mass is 406 g/mol. The van der Waals surface area contributed by atoms with Gasteiger partial charge in [0.05, 0.1) is 17.7 Å². The van der Waals surface area contributed by atoms with E-state index in [0.29, 0.717) is 27.7 Å². The molecule has 0 bridgehead atoms. The number of amides is 1. The summed E-state index contributed by atoms with van der Waals surface area (Å²) in [5.74, 6) is -0.381. The van der Waals surface area contributed by atoms with E-state index in [1.807, 2.05) is 0 Å². The Morgan fingerprint density at radius 1 is 1.19 bits per heavy atom. The summed E-state index contributed by atoms with van der Waals surface area (Å²) in [5.41, 5.74) is 1.24. The van der Waals surface area contributed by atoms with Gasteiger partial charge in [-0.15, -0.1) is 11.3 Å². The first-order valence-electron chi connectivity index (χ1n) is 7.69. The van der Waals surface area contributed by atoms with Gasteiger partial charge in [0, 0.05) is 22.8 Å². The molecule has 6 nitrogen and oxygen atoms in total. The van der Waals surface area contributed by atoms with E-state index in [9.17, 15) is 17.6 Å². The minimum absolute atomic E-state index is 0.133. The highest BCUT2D eigenvalue weighted by Crippen LogP contribution is 2.32. The molecule has 1 heterocycles. The van der Waals surface area contributed by atoms with Crippen molar-refractivity contribution in [1.82, 2.24) is 4.98 Å². The summed E-state index contributed by atoms with van der Waals surface area (Å²) in [4.78, 5) is 16.7. The second-order valence-corrected chi connectivity index (χ2v) is 8.51. The number of carbonyl (C=O) groups excluding carboxylic acids is 1. The Kier molecular flexibility index (Phi) is 5.24. The Balaban J connectivity index is 1.80. The van der Waals surface area contributed by atoms with Gasteiger partial charge in [0.15, 0.2) is 15.0 Å². The molecule has 9 heteroatoms. The average molecular weight is 406 g/mol. The van der Waals surface area contributed by atoms with E-state index in [4.69, 9.17) is 4.74 Å². The summed E-state index contributed by atoms with van der Waals surface area (Å²) in [5, 5.41) is 4.65.